The SMILES string of the molecule is CCOP(=O)(CC[C@H](O)Cn1cnc2c(N(C(=O)OC(C)(C)C)C(=O)OC(C)(C)C)ncnc21)OCC. The van der Waals surface area contributed by atoms with Crippen LogP contribution in [0.25, 0.3) is 11.2 Å². The molecule has 13 nitrogen and oxygen atoms in total. The van der Waals surface area contributed by atoms with Crippen molar-refractivity contribution in [2.24, 2.45) is 0 Å². The van der Waals surface area contributed by atoms with Crippen molar-refractivity contribution in [3.63, 3.8) is 0 Å². The zero-order valence-electron chi connectivity index (χ0n) is 22.8. The van der Waals surface area contributed by atoms with Crippen molar-refractivity contribution in [3.05, 3.63) is 12.7 Å². The van der Waals surface area contributed by atoms with Crippen LogP contribution >= 0.6 is 7.60 Å². The van der Waals surface area contributed by atoms with Crippen molar-refractivity contribution in [2.45, 2.75) is 85.7 Å². The molecule has 37 heavy (non-hydrogen) atoms. The molecule has 2 rings (SSSR count). The van der Waals surface area contributed by atoms with Crippen LogP contribution in [-0.4, -0.2) is 73.5 Å². The highest BCUT2D eigenvalue weighted by atomic mass is 31.2. The summed E-state index contributed by atoms with van der Waals surface area (Å²) in [5, 5.41) is 10.6. The summed E-state index contributed by atoms with van der Waals surface area (Å²) in [6, 6.07) is 0. The summed E-state index contributed by atoms with van der Waals surface area (Å²) in [7, 11) is -3.31. The molecule has 0 radical (unpaired) electrons. The Bertz CT molecular complexity index is 1090. The van der Waals surface area contributed by atoms with Gasteiger partial charge in [-0.05, 0) is 61.8 Å². The van der Waals surface area contributed by atoms with E-state index in [1.807, 2.05) is 0 Å². The second-order valence-corrected chi connectivity index (χ2v) is 12.4. The van der Waals surface area contributed by atoms with Crippen LogP contribution < -0.4 is 4.90 Å². The zero-order chi connectivity index (χ0) is 28.0. The number of carbonyl (C=O) groups is 2. The number of anilines is 1. The Kier molecular flexibility index (Phi) is 10.2. The molecule has 0 unspecified atom stereocenters. The molecule has 2 heterocycles. The highest BCUT2D eigenvalue weighted by molar-refractivity contribution is 7.53. The van der Waals surface area contributed by atoms with Crippen molar-refractivity contribution < 1.29 is 37.8 Å². The number of amides is 2. The Labute approximate surface area is 217 Å². The summed E-state index contributed by atoms with van der Waals surface area (Å²) in [5.74, 6) is -0.126. The molecule has 0 aliphatic heterocycles. The fourth-order valence-electron chi connectivity index (χ4n) is 3.21. The maximum absolute atomic E-state index is 13.0. The van der Waals surface area contributed by atoms with Gasteiger partial charge >= 0.3 is 19.8 Å². The summed E-state index contributed by atoms with van der Waals surface area (Å²) in [6.45, 7) is 13.9. The first-order valence-corrected chi connectivity index (χ1v) is 13.8. The molecule has 14 heteroatoms. The third-order valence-electron chi connectivity index (χ3n) is 4.54. The highest BCUT2D eigenvalue weighted by Crippen LogP contribution is 2.48. The predicted molar refractivity (Wildman–Crippen MR) is 137 cm³/mol. The predicted octanol–water partition coefficient (Wildman–Crippen LogP) is 4.52. The van der Waals surface area contributed by atoms with Gasteiger partial charge in [-0.15, -0.1) is 0 Å². The molecule has 2 amide bonds. The van der Waals surface area contributed by atoms with Crippen molar-refractivity contribution in [2.75, 3.05) is 24.3 Å². The number of imide groups is 1. The quantitative estimate of drug-likeness (QED) is 0.420. The van der Waals surface area contributed by atoms with Gasteiger partial charge in [-0.3, -0.25) is 4.57 Å². The fourth-order valence-corrected chi connectivity index (χ4v) is 4.95. The summed E-state index contributed by atoms with van der Waals surface area (Å²) in [6.07, 6.45) is -0.165. The number of hydrogen-bond acceptors (Lipinski definition) is 11. The van der Waals surface area contributed by atoms with Crippen LogP contribution in [0.15, 0.2) is 12.7 Å². The second kappa shape index (κ2) is 12.3. The van der Waals surface area contributed by atoms with E-state index in [2.05, 4.69) is 15.0 Å². The van der Waals surface area contributed by atoms with Gasteiger partial charge < -0.3 is 28.2 Å². The lowest BCUT2D eigenvalue weighted by molar-refractivity contribution is 0.0429. The zero-order valence-corrected chi connectivity index (χ0v) is 23.7. The molecule has 0 bridgehead atoms. The van der Waals surface area contributed by atoms with Crippen molar-refractivity contribution in [3.8, 4) is 0 Å². The largest absolute Gasteiger partial charge is 0.443 e. The minimum absolute atomic E-state index is 0.0355. The Morgan fingerprint density at radius 3 is 2.03 bits per heavy atom. The van der Waals surface area contributed by atoms with Crippen LogP contribution in [0, 0.1) is 0 Å². The Morgan fingerprint density at radius 2 is 1.54 bits per heavy atom. The molecule has 0 aliphatic carbocycles. The molecule has 2 aromatic heterocycles. The lowest BCUT2D eigenvalue weighted by atomic mass is 10.2. The maximum Gasteiger partial charge on any atom is 0.425 e. The number of aliphatic hydroxyl groups excluding tert-OH is 1. The number of aromatic nitrogens is 4. The second-order valence-electron chi connectivity index (χ2n) is 10.2. The van der Waals surface area contributed by atoms with E-state index < -0.39 is 37.1 Å². The highest BCUT2D eigenvalue weighted by Gasteiger charge is 2.35. The van der Waals surface area contributed by atoms with Crippen LogP contribution in [0.1, 0.15) is 61.8 Å². The first-order valence-electron chi connectivity index (χ1n) is 12.1. The molecule has 0 saturated heterocycles. The first kappa shape index (κ1) is 30.6. The summed E-state index contributed by atoms with van der Waals surface area (Å²) < 4.78 is 35.6. The average molecular weight is 544 g/mol. The molecule has 0 fully saturated rings. The number of hydrogen-bond donors (Lipinski definition) is 1. The van der Waals surface area contributed by atoms with Gasteiger partial charge in [0.1, 0.15) is 17.5 Å². The van der Waals surface area contributed by atoms with E-state index in [9.17, 15) is 19.3 Å². The smallest absolute Gasteiger partial charge is 0.425 e. The number of fused-ring (bicyclic) bond motifs is 1. The fraction of sp³-hybridized carbons (Fsp3) is 0.696. The molecule has 2 aromatic rings. The number of imidazole rings is 1. The van der Waals surface area contributed by atoms with Gasteiger partial charge in [-0.2, -0.15) is 4.90 Å². The van der Waals surface area contributed by atoms with E-state index in [0.29, 0.717) is 4.90 Å². The van der Waals surface area contributed by atoms with Crippen LogP contribution in [0.5, 0.6) is 0 Å². The number of ether oxygens (including phenoxy) is 2. The van der Waals surface area contributed by atoms with Gasteiger partial charge in [0, 0.05) is 0 Å². The van der Waals surface area contributed by atoms with Gasteiger partial charge in [0.15, 0.2) is 17.0 Å². The van der Waals surface area contributed by atoms with Crippen LogP contribution in [-0.2, 0) is 29.6 Å². The number of aliphatic hydroxyl groups is 1. The Balaban J connectivity index is 2.35. The summed E-state index contributed by atoms with van der Waals surface area (Å²) >= 11 is 0. The van der Waals surface area contributed by atoms with E-state index in [0.717, 1.165) is 0 Å². The molecule has 0 saturated carbocycles. The van der Waals surface area contributed by atoms with Gasteiger partial charge in [0.2, 0.25) is 0 Å². The molecule has 0 spiro atoms. The normalized spacial score (nSPS) is 13.4. The minimum atomic E-state index is -3.31. The molecule has 0 aliphatic rings. The number of nitrogens with zero attached hydrogens (tertiary/aromatic N) is 5. The minimum Gasteiger partial charge on any atom is -0.443 e. The van der Waals surface area contributed by atoms with Crippen LogP contribution in [0.2, 0.25) is 0 Å². The van der Waals surface area contributed by atoms with E-state index in [4.69, 9.17) is 18.5 Å². The summed E-state index contributed by atoms with van der Waals surface area (Å²) in [4.78, 5) is 39.3. The molecule has 208 valence electrons. The van der Waals surface area contributed by atoms with Crippen LogP contribution in [0.3, 0.4) is 0 Å². The van der Waals surface area contributed by atoms with Crippen molar-refractivity contribution in [1.82, 2.24) is 19.5 Å². The van der Waals surface area contributed by atoms with E-state index >= 15 is 0 Å². The third-order valence-corrected chi connectivity index (χ3v) is 6.65. The van der Waals surface area contributed by atoms with Gasteiger partial charge in [-0.25, -0.2) is 24.5 Å². The average Bonchev–Trinajstić information content (AvgIpc) is 3.14. The topological polar surface area (TPSA) is 155 Å². The monoisotopic (exact) mass is 543 g/mol. The number of carbonyl (C=O) groups excluding carboxylic acids is 2. The van der Waals surface area contributed by atoms with Crippen molar-refractivity contribution >= 4 is 36.8 Å². The van der Waals surface area contributed by atoms with E-state index in [1.165, 1.54) is 12.7 Å². The molecular weight excluding hydrogens is 505 g/mol. The lowest BCUT2D eigenvalue weighted by Crippen LogP contribution is -2.44. The lowest BCUT2D eigenvalue weighted by Gasteiger charge is -2.28. The van der Waals surface area contributed by atoms with Gasteiger partial charge in [0.05, 0.1) is 38.4 Å². The first-order chi connectivity index (χ1) is 17.1. The third kappa shape index (κ3) is 9.03. The number of rotatable bonds is 10. The van der Waals surface area contributed by atoms with E-state index in [-0.39, 0.29) is 49.3 Å². The van der Waals surface area contributed by atoms with Crippen LogP contribution in [0.4, 0.5) is 15.4 Å². The standard InChI is InChI=1S/C23H38N5O8P/c1-9-33-37(32,34-10-2)12-11-16(29)13-27-15-26-17-18(27)24-14-25-19(17)28(20(30)35-22(3,4)5)21(31)36-23(6,7)8/h14-16,29H,9-13H2,1-8H3/t16-/m0/s1. The molecule has 0 aromatic carbocycles. The van der Waals surface area contributed by atoms with Crippen molar-refractivity contribution in [1.29, 1.82) is 0 Å². The molecule has 1 atom stereocenters. The summed E-state index contributed by atoms with van der Waals surface area (Å²) in [5.41, 5.74) is -1.40. The Hall–Kier alpha value is -2.60. The Morgan fingerprint density at radius 1 is 1.00 bits per heavy atom. The van der Waals surface area contributed by atoms with Gasteiger partial charge in [-0.1, -0.05) is 0 Å². The van der Waals surface area contributed by atoms with Gasteiger partial charge in [0.25, 0.3) is 0 Å². The molecule has 1 N–H and O–H groups in total. The maximum atomic E-state index is 13.0. The van der Waals surface area contributed by atoms with E-state index in [1.54, 1.807) is 60.0 Å². The molecular formula is C23H38N5O8P.